The Hall–Kier alpha value is -0.120. The minimum Gasteiger partial charge on any atom is -0.344 e. The highest BCUT2D eigenvalue weighted by molar-refractivity contribution is 4.48. The lowest BCUT2D eigenvalue weighted by molar-refractivity contribution is -0.325. The van der Waals surface area contributed by atoms with Crippen molar-refractivity contribution in [2.75, 3.05) is 6.61 Å². The minimum atomic E-state index is -1.96. The van der Waals surface area contributed by atoms with Crippen LogP contribution in [0.3, 0.4) is 0 Å². The van der Waals surface area contributed by atoms with E-state index in [9.17, 15) is 0 Å². The predicted molar refractivity (Wildman–Crippen MR) is 75.3 cm³/mol. The third kappa shape index (κ3) is 15.9. The van der Waals surface area contributed by atoms with Crippen LogP contribution in [0.5, 0.6) is 0 Å². The van der Waals surface area contributed by atoms with Crippen LogP contribution < -0.4 is 0 Å². The van der Waals surface area contributed by atoms with Crippen LogP contribution in [0.15, 0.2) is 0 Å². The lowest BCUT2D eigenvalue weighted by atomic mass is 10.1. The van der Waals surface area contributed by atoms with E-state index < -0.39 is 5.97 Å². The molecule has 0 fully saturated rings. The van der Waals surface area contributed by atoms with Crippen LogP contribution in [0, 0.1) is 0 Å². The van der Waals surface area contributed by atoms with Gasteiger partial charge in [0.05, 0.1) is 6.61 Å². The quantitative estimate of drug-likeness (QED) is 0.389. The van der Waals surface area contributed by atoms with Gasteiger partial charge in [-0.25, -0.2) is 0 Å². The molecule has 0 bridgehead atoms. The molecule has 0 saturated carbocycles. The Balaban J connectivity index is 2.99. The van der Waals surface area contributed by atoms with Gasteiger partial charge < -0.3 is 14.9 Å². The third-order valence-corrected chi connectivity index (χ3v) is 3.12. The van der Waals surface area contributed by atoms with Gasteiger partial charge in [-0.3, -0.25) is 0 Å². The summed E-state index contributed by atoms with van der Waals surface area (Å²) >= 11 is 0. The van der Waals surface area contributed by atoms with Gasteiger partial charge in [0.25, 0.3) is 5.97 Å². The molecule has 0 aromatic carbocycles. The first-order chi connectivity index (χ1) is 8.56. The molecular weight excluding hydrogens is 228 g/mol. The molecule has 0 rings (SSSR count). The van der Waals surface area contributed by atoms with Crippen molar-refractivity contribution >= 4 is 0 Å². The lowest BCUT2D eigenvalue weighted by Crippen LogP contribution is -2.27. The summed E-state index contributed by atoms with van der Waals surface area (Å²) in [5.74, 6) is -1.96. The molecule has 0 aliphatic rings. The number of aliphatic hydroxyl groups is 2. The van der Waals surface area contributed by atoms with Crippen molar-refractivity contribution in [1.29, 1.82) is 0 Å². The van der Waals surface area contributed by atoms with E-state index in [-0.39, 0.29) is 0 Å². The van der Waals surface area contributed by atoms with Crippen molar-refractivity contribution in [3.8, 4) is 0 Å². The van der Waals surface area contributed by atoms with Crippen LogP contribution >= 0.6 is 0 Å². The molecule has 0 saturated heterocycles. The summed E-state index contributed by atoms with van der Waals surface area (Å²) < 4.78 is 4.82. The van der Waals surface area contributed by atoms with Crippen molar-refractivity contribution in [2.45, 2.75) is 90.4 Å². The largest absolute Gasteiger partial charge is 0.344 e. The van der Waals surface area contributed by atoms with Crippen LogP contribution in [0.2, 0.25) is 0 Å². The van der Waals surface area contributed by atoms with E-state index >= 15 is 0 Å². The van der Waals surface area contributed by atoms with Crippen LogP contribution in [0.4, 0.5) is 0 Å². The zero-order valence-electron chi connectivity index (χ0n) is 12.3. The van der Waals surface area contributed by atoms with E-state index in [0.717, 1.165) is 12.8 Å². The average Bonchev–Trinajstić information content (AvgIpc) is 2.29. The fraction of sp³-hybridized carbons (Fsp3) is 1.00. The van der Waals surface area contributed by atoms with E-state index in [1.54, 1.807) is 0 Å². The molecule has 0 spiro atoms. The maximum absolute atomic E-state index is 8.91. The number of unbranched alkanes of at least 4 members (excludes halogenated alkanes) is 10. The van der Waals surface area contributed by atoms with Crippen LogP contribution in [-0.2, 0) is 4.74 Å². The predicted octanol–water partition coefficient (Wildman–Crippen LogP) is 3.97. The van der Waals surface area contributed by atoms with Crippen molar-refractivity contribution in [2.24, 2.45) is 0 Å². The summed E-state index contributed by atoms with van der Waals surface area (Å²) in [5.41, 5.74) is 0. The van der Waals surface area contributed by atoms with Crippen molar-refractivity contribution < 1.29 is 14.9 Å². The smallest absolute Gasteiger partial charge is 0.274 e. The SMILES string of the molecule is CCCCCCCCCCCCCOC(C)(O)O. The summed E-state index contributed by atoms with van der Waals surface area (Å²) in [7, 11) is 0. The molecule has 110 valence electrons. The first-order valence-electron chi connectivity index (χ1n) is 7.65. The van der Waals surface area contributed by atoms with Gasteiger partial charge >= 0.3 is 0 Å². The van der Waals surface area contributed by atoms with Gasteiger partial charge in [-0.15, -0.1) is 0 Å². The second-order valence-corrected chi connectivity index (χ2v) is 5.32. The minimum absolute atomic E-state index is 0.431. The van der Waals surface area contributed by atoms with Crippen LogP contribution in [0.1, 0.15) is 84.5 Å². The molecule has 0 unspecified atom stereocenters. The standard InChI is InChI=1S/C15H32O3/c1-3-4-5-6-7-8-9-10-11-12-13-14-18-15(2,16)17/h16-17H,3-14H2,1-2H3. The molecule has 2 N–H and O–H groups in total. The Morgan fingerprint density at radius 2 is 1.11 bits per heavy atom. The molecule has 0 aliphatic carbocycles. The first-order valence-corrected chi connectivity index (χ1v) is 7.65. The normalized spacial score (nSPS) is 12.0. The van der Waals surface area contributed by atoms with Gasteiger partial charge in [-0.2, -0.15) is 0 Å². The zero-order valence-corrected chi connectivity index (χ0v) is 12.3. The summed E-state index contributed by atoms with van der Waals surface area (Å²) in [6, 6.07) is 0. The molecule has 3 heteroatoms. The zero-order chi connectivity index (χ0) is 13.7. The number of ether oxygens (including phenoxy) is 1. The number of hydrogen-bond donors (Lipinski definition) is 2. The molecule has 0 aromatic heterocycles. The van der Waals surface area contributed by atoms with E-state index in [1.807, 2.05) is 0 Å². The molecule has 0 heterocycles. The van der Waals surface area contributed by atoms with Crippen molar-refractivity contribution in [3.63, 3.8) is 0 Å². The average molecular weight is 260 g/mol. The molecule has 0 amide bonds. The highest BCUT2D eigenvalue weighted by atomic mass is 16.8. The van der Waals surface area contributed by atoms with E-state index in [2.05, 4.69) is 6.92 Å². The number of rotatable bonds is 13. The second-order valence-electron chi connectivity index (χ2n) is 5.32. The third-order valence-electron chi connectivity index (χ3n) is 3.12. The Labute approximate surface area is 113 Å². The van der Waals surface area contributed by atoms with E-state index in [0.29, 0.717) is 6.61 Å². The molecule has 0 radical (unpaired) electrons. The van der Waals surface area contributed by atoms with Crippen molar-refractivity contribution in [3.05, 3.63) is 0 Å². The van der Waals surface area contributed by atoms with Crippen LogP contribution in [0.25, 0.3) is 0 Å². The fourth-order valence-corrected chi connectivity index (χ4v) is 2.03. The van der Waals surface area contributed by atoms with Gasteiger partial charge in [0, 0.05) is 6.92 Å². The van der Waals surface area contributed by atoms with Gasteiger partial charge in [0.2, 0.25) is 0 Å². The Morgan fingerprint density at radius 3 is 1.50 bits per heavy atom. The Morgan fingerprint density at radius 1 is 0.722 bits per heavy atom. The topological polar surface area (TPSA) is 49.7 Å². The maximum atomic E-state index is 8.91. The molecule has 18 heavy (non-hydrogen) atoms. The maximum Gasteiger partial charge on any atom is 0.274 e. The molecule has 0 atom stereocenters. The summed E-state index contributed by atoms with van der Waals surface area (Å²) in [6.07, 6.45) is 14.1. The van der Waals surface area contributed by atoms with E-state index in [1.165, 1.54) is 64.7 Å². The molecular formula is C15H32O3. The summed E-state index contributed by atoms with van der Waals surface area (Å²) in [6.45, 7) is 3.92. The van der Waals surface area contributed by atoms with Crippen LogP contribution in [-0.4, -0.2) is 22.8 Å². The number of hydrogen-bond acceptors (Lipinski definition) is 3. The van der Waals surface area contributed by atoms with Gasteiger partial charge in [0.15, 0.2) is 0 Å². The van der Waals surface area contributed by atoms with Crippen molar-refractivity contribution in [1.82, 2.24) is 0 Å². The monoisotopic (exact) mass is 260 g/mol. The fourth-order valence-electron chi connectivity index (χ4n) is 2.03. The molecule has 0 aliphatic heterocycles. The molecule has 3 nitrogen and oxygen atoms in total. The highest BCUT2D eigenvalue weighted by Gasteiger charge is 2.13. The Kier molecular flexibility index (Phi) is 11.9. The summed E-state index contributed by atoms with van der Waals surface area (Å²) in [4.78, 5) is 0. The van der Waals surface area contributed by atoms with Gasteiger partial charge in [-0.1, -0.05) is 71.1 Å². The lowest BCUT2D eigenvalue weighted by Gasteiger charge is -2.15. The second kappa shape index (κ2) is 11.9. The Bertz CT molecular complexity index is 164. The summed E-state index contributed by atoms with van der Waals surface area (Å²) in [5, 5.41) is 17.8. The van der Waals surface area contributed by atoms with E-state index in [4.69, 9.17) is 14.9 Å². The molecule has 0 aromatic rings. The first kappa shape index (κ1) is 17.9. The van der Waals surface area contributed by atoms with Gasteiger partial charge in [0.1, 0.15) is 0 Å². The highest BCUT2D eigenvalue weighted by Crippen LogP contribution is 2.11. The van der Waals surface area contributed by atoms with Gasteiger partial charge in [-0.05, 0) is 6.42 Å².